The number of benzene rings is 7. The SMILES string of the molecule is C1=CC2CC=CC(c3ccc(-n4c5ccccc5c5ccc6c(c54)Oc4ccccc4C64c5ccccc5-n5c6ccccc6c6cccc4c65)cc3)=C2N=C1. The number of ether oxygens (including phenoxy) is 1. The number of hydrogen-bond donors (Lipinski definition) is 0. The van der Waals surface area contributed by atoms with Gasteiger partial charge in [-0.25, -0.2) is 0 Å². The summed E-state index contributed by atoms with van der Waals surface area (Å²) in [4.78, 5) is 4.82. The monoisotopic (exact) mass is 715 g/mol. The highest BCUT2D eigenvalue weighted by atomic mass is 16.5. The van der Waals surface area contributed by atoms with Gasteiger partial charge in [0.2, 0.25) is 0 Å². The summed E-state index contributed by atoms with van der Waals surface area (Å²) in [5.74, 6) is 2.10. The molecule has 3 aliphatic heterocycles. The minimum absolute atomic E-state index is 0.327. The van der Waals surface area contributed by atoms with Crippen LogP contribution in [0.4, 0.5) is 0 Å². The molecule has 0 fully saturated rings. The Morgan fingerprint density at radius 3 is 2.12 bits per heavy atom. The first-order valence-corrected chi connectivity index (χ1v) is 19.5. The number of dihydropyridines is 1. The van der Waals surface area contributed by atoms with Crippen molar-refractivity contribution in [3.63, 3.8) is 0 Å². The Balaban J connectivity index is 1.13. The minimum atomic E-state index is -0.642. The Kier molecular flexibility index (Phi) is 5.91. The van der Waals surface area contributed by atoms with Crippen LogP contribution in [-0.2, 0) is 5.41 Å². The summed E-state index contributed by atoms with van der Waals surface area (Å²) in [5, 5.41) is 4.89. The maximum absolute atomic E-state index is 7.28. The van der Waals surface area contributed by atoms with E-state index in [1.807, 2.05) is 6.21 Å². The van der Waals surface area contributed by atoms with E-state index in [4.69, 9.17) is 9.73 Å². The lowest BCUT2D eigenvalue weighted by molar-refractivity contribution is 0.438. The van der Waals surface area contributed by atoms with Gasteiger partial charge in [-0.1, -0.05) is 133 Å². The molecule has 4 aliphatic rings. The molecule has 2 unspecified atom stereocenters. The van der Waals surface area contributed by atoms with Crippen LogP contribution in [0, 0.1) is 5.92 Å². The molecule has 7 aromatic carbocycles. The third-order valence-corrected chi connectivity index (χ3v) is 12.7. The molecule has 13 rings (SSSR count). The van der Waals surface area contributed by atoms with E-state index in [2.05, 4.69) is 185 Å². The van der Waals surface area contributed by atoms with Crippen LogP contribution < -0.4 is 4.74 Å². The van der Waals surface area contributed by atoms with Gasteiger partial charge in [0.05, 0.1) is 38.9 Å². The van der Waals surface area contributed by atoms with Crippen molar-refractivity contribution < 1.29 is 4.74 Å². The molecule has 0 N–H and O–H groups in total. The number of aromatic nitrogens is 2. The highest BCUT2D eigenvalue weighted by Gasteiger charge is 2.51. The summed E-state index contributed by atoms with van der Waals surface area (Å²) in [6, 6.07) is 55.9. The first kappa shape index (κ1) is 30.2. The van der Waals surface area contributed by atoms with E-state index in [-0.39, 0.29) is 0 Å². The Morgan fingerprint density at radius 2 is 1.27 bits per heavy atom. The van der Waals surface area contributed by atoms with Gasteiger partial charge >= 0.3 is 0 Å². The molecule has 2 atom stereocenters. The minimum Gasteiger partial charge on any atom is -0.454 e. The van der Waals surface area contributed by atoms with Gasteiger partial charge < -0.3 is 13.9 Å². The lowest BCUT2D eigenvalue weighted by Crippen LogP contribution is -2.37. The molecule has 0 radical (unpaired) electrons. The zero-order valence-electron chi connectivity index (χ0n) is 30.4. The molecule has 5 heterocycles. The van der Waals surface area contributed by atoms with E-state index in [0.29, 0.717) is 5.92 Å². The molecule has 2 aromatic heterocycles. The summed E-state index contributed by atoms with van der Waals surface area (Å²) in [6.07, 6.45) is 11.7. The van der Waals surface area contributed by atoms with Crippen LogP contribution in [0.15, 0.2) is 187 Å². The van der Waals surface area contributed by atoms with Crippen molar-refractivity contribution in [1.29, 1.82) is 0 Å². The molecule has 1 spiro atoms. The summed E-state index contributed by atoms with van der Waals surface area (Å²) in [6.45, 7) is 0. The Morgan fingerprint density at radius 1 is 0.571 bits per heavy atom. The number of para-hydroxylation sites is 5. The van der Waals surface area contributed by atoms with Gasteiger partial charge in [0.1, 0.15) is 5.75 Å². The van der Waals surface area contributed by atoms with Gasteiger partial charge in [-0.2, -0.15) is 0 Å². The van der Waals surface area contributed by atoms with Crippen LogP contribution in [0.2, 0.25) is 0 Å². The predicted octanol–water partition coefficient (Wildman–Crippen LogP) is 12.6. The molecule has 1 aliphatic carbocycles. The second kappa shape index (κ2) is 11.0. The van der Waals surface area contributed by atoms with Gasteiger partial charge in [0.25, 0.3) is 0 Å². The third kappa shape index (κ3) is 3.71. The number of fused-ring (bicyclic) bond motifs is 16. The summed E-state index contributed by atoms with van der Waals surface area (Å²) in [7, 11) is 0. The average Bonchev–Trinajstić information content (AvgIpc) is 3.79. The molecular formula is C52H33N3O. The molecule has 4 heteroatoms. The molecular weight excluding hydrogens is 683 g/mol. The van der Waals surface area contributed by atoms with E-state index in [9.17, 15) is 0 Å². The van der Waals surface area contributed by atoms with Crippen LogP contribution in [0.3, 0.4) is 0 Å². The van der Waals surface area contributed by atoms with Crippen LogP contribution in [-0.4, -0.2) is 15.3 Å². The van der Waals surface area contributed by atoms with Crippen molar-refractivity contribution >= 4 is 55.4 Å². The van der Waals surface area contributed by atoms with E-state index in [1.165, 1.54) is 60.5 Å². The summed E-state index contributed by atoms with van der Waals surface area (Å²) < 4.78 is 12.2. The normalized spacial score (nSPS) is 18.8. The third-order valence-electron chi connectivity index (χ3n) is 12.7. The summed E-state index contributed by atoms with van der Waals surface area (Å²) >= 11 is 0. The van der Waals surface area contributed by atoms with Crippen molar-refractivity contribution in [1.82, 2.24) is 9.13 Å². The zero-order chi connectivity index (χ0) is 36.5. The first-order valence-electron chi connectivity index (χ1n) is 19.5. The first-order chi connectivity index (χ1) is 27.8. The second-order valence-corrected chi connectivity index (χ2v) is 15.4. The number of rotatable bonds is 2. The maximum atomic E-state index is 7.28. The van der Waals surface area contributed by atoms with E-state index in [1.54, 1.807) is 0 Å². The highest BCUT2D eigenvalue weighted by molar-refractivity contribution is 6.14. The predicted molar refractivity (Wildman–Crippen MR) is 229 cm³/mol. The van der Waals surface area contributed by atoms with Crippen LogP contribution in [0.5, 0.6) is 11.5 Å². The molecule has 0 amide bonds. The highest BCUT2D eigenvalue weighted by Crippen LogP contribution is 2.61. The summed E-state index contributed by atoms with van der Waals surface area (Å²) in [5.41, 5.74) is 14.7. The van der Waals surface area contributed by atoms with Crippen molar-refractivity contribution in [3.8, 4) is 22.9 Å². The Bertz CT molecular complexity index is 3310. The molecule has 0 saturated heterocycles. The molecule has 4 nitrogen and oxygen atoms in total. The molecule has 0 saturated carbocycles. The lowest BCUT2D eigenvalue weighted by Gasteiger charge is -2.45. The van der Waals surface area contributed by atoms with Crippen LogP contribution in [0.25, 0.3) is 60.6 Å². The Hall–Kier alpha value is -7.17. The maximum Gasteiger partial charge on any atom is 0.156 e. The molecule has 9 aromatic rings. The van der Waals surface area contributed by atoms with Crippen molar-refractivity contribution in [2.24, 2.45) is 10.9 Å². The number of allylic oxidation sites excluding steroid dienone is 5. The van der Waals surface area contributed by atoms with E-state index < -0.39 is 5.41 Å². The smallest absolute Gasteiger partial charge is 0.156 e. The standard InChI is InChI=1S/C52H33N3O/c1-5-21-44-37(15-1)39-29-30-43-51(50(39)54(44)34-27-25-32(26-28-34)35-16-9-12-33-13-11-31-53-48(33)35)56-47-24-8-4-19-41(47)52(43)40-18-3-7-23-46(40)55-45-22-6-2-14-36(45)38-17-10-20-42(52)49(38)55/h1-11,13-31,33H,12H2. The zero-order valence-corrected chi connectivity index (χ0v) is 30.4. The largest absolute Gasteiger partial charge is 0.454 e. The van der Waals surface area contributed by atoms with Gasteiger partial charge in [-0.05, 0) is 65.6 Å². The van der Waals surface area contributed by atoms with Crippen LogP contribution in [0.1, 0.15) is 34.2 Å². The fourth-order valence-corrected chi connectivity index (χ4v) is 10.5. The van der Waals surface area contributed by atoms with Gasteiger partial charge in [0, 0.05) is 56.1 Å². The molecule has 0 bridgehead atoms. The van der Waals surface area contributed by atoms with Gasteiger partial charge in [0.15, 0.2) is 5.75 Å². The average molecular weight is 716 g/mol. The Labute approximate surface area is 323 Å². The fourth-order valence-electron chi connectivity index (χ4n) is 10.5. The lowest BCUT2D eigenvalue weighted by atomic mass is 9.61. The van der Waals surface area contributed by atoms with E-state index >= 15 is 0 Å². The topological polar surface area (TPSA) is 31.4 Å². The number of aliphatic imine (C=N–C) groups is 1. The molecule has 262 valence electrons. The van der Waals surface area contributed by atoms with E-state index in [0.717, 1.165) is 51.5 Å². The second-order valence-electron chi connectivity index (χ2n) is 15.4. The quantitative estimate of drug-likeness (QED) is 0.175. The van der Waals surface area contributed by atoms with Crippen molar-refractivity contribution in [2.45, 2.75) is 11.8 Å². The molecule has 56 heavy (non-hydrogen) atoms. The van der Waals surface area contributed by atoms with Crippen LogP contribution >= 0.6 is 0 Å². The van der Waals surface area contributed by atoms with Gasteiger partial charge in [-0.15, -0.1) is 0 Å². The van der Waals surface area contributed by atoms with Gasteiger partial charge in [-0.3, -0.25) is 4.99 Å². The van der Waals surface area contributed by atoms with Crippen molar-refractivity contribution in [2.75, 3.05) is 0 Å². The fraction of sp³-hybridized carbons (Fsp3) is 0.0577. The van der Waals surface area contributed by atoms with Crippen molar-refractivity contribution in [3.05, 3.63) is 209 Å². The number of nitrogens with zero attached hydrogens (tertiary/aromatic N) is 3. The number of hydrogen-bond acceptors (Lipinski definition) is 2.